The summed E-state index contributed by atoms with van der Waals surface area (Å²) in [6, 6.07) is 0.585. The molecule has 2 nitrogen and oxygen atoms in total. The minimum atomic E-state index is -1.27. The maximum Gasteiger partial charge on any atom is 0.251 e. The van der Waals surface area contributed by atoms with Crippen molar-refractivity contribution in [2.75, 3.05) is 5.32 Å². The highest BCUT2D eigenvalue weighted by Gasteiger charge is 2.28. The monoisotopic (exact) mass is 258 g/mol. The van der Waals surface area contributed by atoms with Crippen LogP contribution in [0.15, 0.2) is 6.07 Å². The Morgan fingerprint density at radius 2 is 1.89 bits per heavy atom. The van der Waals surface area contributed by atoms with Crippen molar-refractivity contribution in [3.63, 3.8) is 0 Å². The van der Waals surface area contributed by atoms with Crippen LogP contribution in [0.4, 0.5) is 19.0 Å². The fourth-order valence-electron chi connectivity index (χ4n) is 2.51. The van der Waals surface area contributed by atoms with Crippen molar-refractivity contribution in [3.05, 3.63) is 23.6 Å². The lowest BCUT2D eigenvalue weighted by molar-refractivity contribution is 0.252. The zero-order chi connectivity index (χ0) is 13.3. The smallest absolute Gasteiger partial charge is 0.251 e. The SMILES string of the molecule is CC1CCCC(Nc2nc(F)c(F)cc2F)C1C. The molecule has 2 rings (SSSR count). The van der Waals surface area contributed by atoms with Gasteiger partial charge in [-0.05, 0) is 18.3 Å². The number of nitrogens with one attached hydrogen (secondary N) is 1. The zero-order valence-electron chi connectivity index (χ0n) is 10.5. The van der Waals surface area contributed by atoms with E-state index in [2.05, 4.69) is 24.1 Å². The van der Waals surface area contributed by atoms with Crippen LogP contribution >= 0.6 is 0 Å². The number of pyridine rings is 1. The van der Waals surface area contributed by atoms with Crippen molar-refractivity contribution < 1.29 is 13.2 Å². The van der Waals surface area contributed by atoms with Gasteiger partial charge < -0.3 is 5.32 Å². The lowest BCUT2D eigenvalue weighted by Crippen LogP contribution is -2.35. The van der Waals surface area contributed by atoms with Gasteiger partial charge in [0.2, 0.25) is 0 Å². The molecule has 3 atom stereocenters. The Kier molecular flexibility index (Phi) is 3.78. The molecule has 3 unspecified atom stereocenters. The molecule has 0 radical (unpaired) electrons. The summed E-state index contributed by atoms with van der Waals surface area (Å²) in [5.41, 5.74) is 0. The largest absolute Gasteiger partial charge is 0.365 e. The van der Waals surface area contributed by atoms with Crippen molar-refractivity contribution in [2.45, 2.75) is 39.2 Å². The molecule has 1 aliphatic carbocycles. The molecular formula is C13H17F3N2. The van der Waals surface area contributed by atoms with E-state index < -0.39 is 17.6 Å². The molecule has 100 valence electrons. The molecule has 0 aliphatic heterocycles. The summed E-state index contributed by atoms with van der Waals surface area (Å²) in [4.78, 5) is 3.30. The lowest BCUT2D eigenvalue weighted by atomic mass is 9.78. The predicted molar refractivity (Wildman–Crippen MR) is 63.7 cm³/mol. The number of halogens is 3. The fourth-order valence-corrected chi connectivity index (χ4v) is 2.51. The van der Waals surface area contributed by atoms with Gasteiger partial charge in [0.1, 0.15) is 0 Å². The first-order valence-corrected chi connectivity index (χ1v) is 6.27. The van der Waals surface area contributed by atoms with E-state index in [1.807, 2.05) is 0 Å². The topological polar surface area (TPSA) is 24.9 Å². The molecule has 1 aliphatic rings. The number of anilines is 1. The van der Waals surface area contributed by atoms with Gasteiger partial charge in [0.15, 0.2) is 17.5 Å². The number of nitrogens with zero attached hydrogens (tertiary/aromatic N) is 1. The summed E-state index contributed by atoms with van der Waals surface area (Å²) in [5, 5.41) is 2.90. The highest BCUT2D eigenvalue weighted by atomic mass is 19.2. The van der Waals surface area contributed by atoms with Crippen molar-refractivity contribution in [1.82, 2.24) is 4.98 Å². The molecule has 0 amide bonds. The van der Waals surface area contributed by atoms with E-state index in [9.17, 15) is 13.2 Å². The molecule has 1 fully saturated rings. The van der Waals surface area contributed by atoms with E-state index in [1.165, 1.54) is 0 Å². The quantitative estimate of drug-likeness (QED) is 0.817. The summed E-state index contributed by atoms with van der Waals surface area (Å²) in [6.07, 6.45) is 3.09. The molecule has 18 heavy (non-hydrogen) atoms. The Hall–Kier alpha value is -1.26. The molecule has 1 heterocycles. The van der Waals surface area contributed by atoms with Crippen molar-refractivity contribution in [3.8, 4) is 0 Å². The lowest BCUT2D eigenvalue weighted by Gasteiger charge is -2.34. The second kappa shape index (κ2) is 5.16. The van der Waals surface area contributed by atoms with E-state index in [0.29, 0.717) is 17.9 Å². The Labute approximate surface area is 105 Å². The van der Waals surface area contributed by atoms with Crippen molar-refractivity contribution in [1.29, 1.82) is 0 Å². The zero-order valence-corrected chi connectivity index (χ0v) is 10.5. The number of aromatic nitrogens is 1. The summed E-state index contributed by atoms with van der Waals surface area (Å²) < 4.78 is 39.2. The van der Waals surface area contributed by atoms with E-state index in [0.717, 1.165) is 19.3 Å². The first-order chi connectivity index (χ1) is 8.49. The third kappa shape index (κ3) is 2.60. The van der Waals surface area contributed by atoms with E-state index in [-0.39, 0.29) is 11.9 Å². The Morgan fingerprint density at radius 1 is 1.17 bits per heavy atom. The highest BCUT2D eigenvalue weighted by molar-refractivity contribution is 5.37. The van der Waals surface area contributed by atoms with Crippen LogP contribution in [0.3, 0.4) is 0 Å². The van der Waals surface area contributed by atoms with Crippen LogP contribution in [0.5, 0.6) is 0 Å². The van der Waals surface area contributed by atoms with Crippen molar-refractivity contribution >= 4 is 5.82 Å². The average Bonchev–Trinajstić information content (AvgIpc) is 2.32. The molecule has 0 bridgehead atoms. The fraction of sp³-hybridized carbons (Fsp3) is 0.615. The third-order valence-electron chi connectivity index (χ3n) is 3.92. The van der Waals surface area contributed by atoms with Crippen LogP contribution in [0.2, 0.25) is 0 Å². The molecular weight excluding hydrogens is 241 g/mol. The molecule has 0 aromatic carbocycles. The van der Waals surface area contributed by atoms with Gasteiger partial charge >= 0.3 is 0 Å². The number of hydrogen-bond donors (Lipinski definition) is 1. The van der Waals surface area contributed by atoms with Gasteiger partial charge in [-0.25, -0.2) is 8.78 Å². The molecule has 0 saturated heterocycles. The summed E-state index contributed by atoms with van der Waals surface area (Å²) in [6.45, 7) is 4.23. The van der Waals surface area contributed by atoms with Gasteiger partial charge in [-0.2, -0.15) is 9.37 Å². The van der Waals surface area contributed by atoms with Gasteiger partial charge in [-0.1, -0.05) is 26.7 Å². The van der Waals surface area contributed by atoms with Crippen molar-refractivity contribution in [2.24, 2.45) is 11.8 Å². The normalized spacial score (nSPS) is 28.2. The average molecular weight is 258 g/mol. The molecule has 5 heteroatoms. The second-order valence-corrected chi connectivity index (χ2v) is 5.11. The van der Waals surface area contributed by atoms with E-state index in [1.54, 1.807) is 0 Å². The minimum absolute atomic E-state index is 0.0561. The van der Waals surface area contributed by atoms with Crippen LogP contribution in [-0.4, -0.2) is 11.0 Å². The molecule has 1 saturated carbocycles. The van der Waals surface area contributed by atoms with Gasteiger partial charge in [0.25, 0.3) is 5.95 Å². The Morgan fingerprint density at radius 3 is 2.61 bits per heavy atom. The predicted octanol–water partition coefficient (Wildman–Crippen LogP) is 3.74. The Bertz CT molecular complexity index is 436. The summed E-state index contributed by atoms with van der Waals surface area (Å²) in [7, 11) is 0. The third-order valence-corrected chi connectivity index (χ3v) is 3.92. The number of rotatable bonds is 2. The molecule has 1 aromatic heterocycles. The first kappa shape index (κ1) is 13.2. The molecule has 1 aromatic rings. The second-order valence-electron chi connectivity index (χ2n) is 5.11. The standard InChI is InChI=1S/C13H17F3N2/c1-7-4-3-5-11(8(7)2)17-13-10(15)6-9(14)12(16)18-13/h6-8,11H,3-5H2,1-2H3,(H,17,18). The van der Waals surface area contributed by atoms with Gasteiger partial charge in [0, 0.05) is 12.1 Å². The highest BCUT2D eigenvalue weighted by Crippen LogP contribution is 2.31. The summed E-state index contributed by atoms with van der Waals surface area (Å²) >= 11 is 0. The van der Waals surface area contributed by atoms with Crippen LogP contribution in [-0.2, 0) is 0 Å². The number of hydrogen-bond acceptors (Lipinski definition) is 2. The van der Waals surface area contributed by atoms with Gasteiger partial charge in [-0.3, -0.25) is 0 Å². The van der Waals surface area contributed by atoms with Crippen LogP contribution in [0, 0.1) is 29.4 Å². The maximum absolute atomic E-state index is 13.5. The molecule has 1 N–H and O–H groups in total. The van der Waals surface area contributed by atoms with Crippen LogP contribution in [0.25, 0.3) is 0 Å². The minimum Gasteiger partial charge on any atom is -0.365 e. The van der Waals surface area contributed by atoms with Gasteiger partial charge in [0.05, 0.1) is 0 Å². The van der Waals surface area contributed by atoms with E-state index in [4.69, 9.17) is 0 Å². The van der Waals surface area contributed by atoms with Crippen LogP contribution in [0.1, 0.15) is 33.1 Å². The summed E-state index contributed by atoms with van der Waals surface area (Å²) in [5.74, 6) is -2.68. The van der Waals surface area contributed by atoms with Gasteiger partial charge in [-0.15, -0.1) is 0 Å². The Balaban J connectivity index is 2.16. The maximum atomic E-state index is 13.5. The van der Waals surface area contributed by atoms with E-state index >= 15 is 0 Å². The first-order valence-electron chi connectivity index (χ1n) is 6.27. The van der Waals surface area contributed by atoms with Crippen LogP contribution < -0.4 is 5.32 Å². The molecule has 0 spiro atoms.